The summed E-state index contributed by atoms with van der Waals surface area (Å²) in [6.45, 7) is 6.31. The molecule has 0 spiro atoms. The second kappa shape index (κ2) is 8.85. The van der Waals surface area contributed by atoms with E-state index in [1.54, 1.807) is 31.2 Å². The molecule has 4 nitrogen and oxygen atoms in total. The molecule has 28 heavy (non-hydrogen) atoms. The van der Waals surface area contributed by atoms with Crippen LogP contribution in [0, 0.1) is 19.7 Å². The van der Waals surface area contributed by atoms with Gasteiger partial charge in [-0.05, 0) is 68.8 Å². The normalized spacial score (nSPS) is 12.0. The van der Waals surface area contributed by atoms with E-state index < -0.39 is 6.10 Å². The standard InChI is InChI=1S/C23H23FNO3/c1-4-27-14-23(28-17-9-11-22(26)16(3)13-17)21-7-5-6-20(25-21)18-10-8-15(2)12-19(18)24/h5-13,23H,4,14H2,1-3H3/t23-/m1/s1. The van der Waals surface area contributed by atoms with Crippen LogP contribution in [0.2, 0.25) is 0 Å². The molecule has 1 radical (unpaired) electrons. The number of hydrogen-bond acceptors (Lipinski definition) is 3. The van der Waals surface area contributed by atoms with Gasteiger partial charge >= 0.3 is 0 Å². The summed E-state index contributed by atoms with van der Waals surface area (Å²) in [5.74, 6) is 0.216. The fourth-order valence-corrected chi connectivity index (χ4v) is 2.87. The minimum Gasteiger partial charge on any atom is -0.482 e. The summed E-state index contributed by atoms with van der Waals surface area (Å²) < 4.78 is 26.0. The molecule has 0 unspecified atom stereocenters. The first-order valence-corrected chi connectivity index (χ1v) is 9.23. The summed E-state index contributed by atoms with van der Waals surface area (Å²) in [7, 11) is 0. The maximum Gasteiger partial charge on any atom is 0.181 e. The van der Waals surface area contributed by atoms with Gasteiger partial charge in [0.2, 0.25) is 0 Å². The molecule has 0 saturated heterocycles. The zero-order valence-electron chi connectivity index (χ0n) is 16.2. The quantitative estimate of drug-likeness (QED) is 0.520. The number of aryl methyl sites for hydroxylation is 2. The largest absolute Gasteiger partial charge is 0.482 e. The van der Waals surface area contributed by atoms with E-state index in [9.17, 15) is 9.50 Å². The molecule has 1 heterocycles. The Morgan fingerprint density at radius 3 is 2.61 bits per heavy atom. The van der Waals surface area contributed by atoms with Crippen LogP contribution in [-0.2, 0) is 9.84 Å². The average molecular weight is 380 g/mol. The molecule has 2 aromatic carbocycles. The van der Waals surface area contributed by atoms with Gasteiger partial charge in [-0.25, -0.2) is 9.37 Å². The first-order valence-electron chi connectivity index (χ1n) is 9.23. The van der Waals surface area contributed by atoms with Gasteiger partial charge in [-0.15, -0.1) is 0 Å². The molecular formula is C23H23FNO3. The van der Waals surface area contributed by atoms with Crippen molar-refractivity contribution in [2.45, 2.75) is 26.9 Å². The van der Waals surface area contributed by atoms with Crippen molar-refractivity contribution in [1.29, 1.82) is 0 Å². The highest BCUT2D eigenvalue weighted by Gasteiger charge is 2.18. The summed E-state index contributed by atoms with van der Waals surface area (Å²) in [4.78, 5) is 4.62. The monoisotopic (exact) mass is 380 g/mol. The second-order valence-corrected chi connectivity index (χ2v) is 6.62. The lowest BCUT2D eigenvalue weighted by Crippen LogP contribution is -2.16. The molecule has 0 amide bonds. The fraction of sp³-hybridized carbons (Fsp3) is 0.261. The highest BCUT2D eigenvalue weighted by Crippen LogP contribution is 2.28. The van der Waals surface area contributed by atoms with Crippen LogP contribution in [0.25, 0.3) is 11.3 Å². The first-order chi connectivity index (χ1) is 13.5. The molecule has 0 N–H and O–H groups in total. The molecule has 1 aromatic heterocycles. The molecular weight excluding hydrogens is 357 g/mol. The Morgan fingerprint density at radius 1 is 1.07 bits per heavy atom. The Kier molecular flexibility index (Phi) is 6.26. The smallest absolute Gasteiger partial charge is 0.181 e. The van der Waals surface area contributed by atoms with E-state index in [4.69, 9.17) is 9.47 Å². The molecule has 0 aliphatic rings. The number of rotatable bonds is 7. The van der Waals surface area contributed by atoms with E-state index in [1.165, 1.54) is 12.1 Å². The molecule has 145 valence electrons. The Bertz CT molecular complexity index is 958. The summed E-state index contributed by atoms with van der Waals surface area (Å²) >= 11 is 0. The van der Waals surface area contributed by atoms with Gasteiger partial charge in [0.05, 0.1) is 18.0 Å². The van der Waals surface area contributed by atoms with E-state index in [-0.39, 0.29) is 11.6 Å². The van der Waals surface area contributed by atoms with E-state index in [0.29, 0.717) is 41.5 Å². The molecule has 3 aromatic rings. The van der Waals surface area contributed by atoms with Crippen LogP contribution in [-0.4, -0.2) is 18.2 Å². The van der Waals surface area contributed by atoms with Crippen LogP contribution in [0.3, 0.4) is 0 Å². The molecule has 1 atom stereocenters. The van der Waals surface area contributed by atoms with E-state index in [1.807, 2.05) is 32.0 Å². The van der Waals surface area contributed by atoms with Crippen molar-refractivity contribution < 1.29 is 19.0 Å². The minimum absolute atomic E-state index is 0.0383. The van der Waals surface area contributed by atoms with Crippen LogP contribution in [0.1, 0.15) is 29.8 Å². The third-order valence-electron chi connectivity index (χ3n) is 4.40. The van der Waals surface area contributed by atoms with Gasteiger partial charge in [0.15, 0.2) is 11.9 Å². The number of pyridine rings is 1. The Labute approximate surface area is 164 Å². The molecule has 0 aliphatic carbocycles. The predicted octanol–water partition coefficient (Wildman–Crippen LogP) is 5.80. The van der Waals surface area contributed by atoms with Gasteiger partial charge in [-0.1, -0.05) is 12.1 Å². The van der Waals surface area contributed by atoms with Crippen LogP contribution in [0.15, 0.2) is 54.6 Å². The van der Waals surface area contributed by atoms with Crippen LogP contribution >= 0.6 is 0 Å². The van der Waals surface area contributed by atoms with Crippen LogP contribution in [0.5, 0.6) is 11.5 Å². The van der Waals surface area contributed by atoms with Gasteiger partial charge in [0.25, 0.3) is 0 Å². The van der Waals surface area contributed by atoms with Gasteiger partial charge in [-0.3, -0.25) is 5.11 Å². The highest BCUT2D eigenvalue weighted by atomic mass is 19.1. The third kappa shape index (κ3) is 4.67. The first kappa shape index (κ1) is 19.8. The molecule has 0 aliphatic heterocycles. The number of halogens is 1. The molecule has 5 heteroatoms. The van der Waals surface area contributed by atoms with Crippen LogP contribution < -0.4 is 4.74 Å². The van der Waals surface area contributed by atoms with Crippen molar-refractivity contribution in [3.05, 3.63) is 77.2 Å². The summed E-state index contributed by atoms with van der Waals surface area (Å²) in [6, 6.07) is 15.3. The lowest BCUT2D eigenvalue weighted by atomic mass is 10.1. The number of ether oxygens (including phenoxy) is 2. The molecule has 0 saturated carbocycles. The Balaban J connectivity index is 1.92. The number of hydrogen-bond donors (Lipinski definition) is 0. The maximum absolute atomic E-state index is 14.4. The zero-order chi connectivity index (χ0) is 20.1. The Hall–Kier alpha value is -2.92. The average Bonchev–Trinajstić information content (AvgIpc) is 2.68. The van der Waals surface area contributed by atoms with Crippen molar-refractivity contribution >= 4 is 0 Å². The molecule has 3 rings (SSSR count). The van der Waals surface area contributed by atoms with Gasteiger partial charge in [0.1, 0.15) is 11.6 Å². The molecule has 0 fully saturated rings. The lowest BCUT2D eigenvalue weighted by Gasteiger charge is -2.19. The third-order valence-corrected chi connectivity index (χ3v) is 4.40. The number of nitrogens with zero attached hydrogens (tertiary/aromatic N) is 1. The van der Waals surface area contributed by atoms with Crippen LogP contribution in [0.4, 0.5) is 4.39 Å². The van der Waals surface area contributed by atoms with Crippen molar-refractivity contribution in [2.75, 3.05) is 13.2 Å². The van der Waals surface area contributed by atoms with Gasteiger partial charge in [-0.2, -0.15) is 0 Å². The second-order valence-electron chi connectivity index (χ2n) is 6.62. The van der Waals surface area contributed by atoms with Gasteiger partial charge < -0.3 is 9.47 Å². The van der Waals surface area contributed by atoms with Crippen molar-refractivity contribution in [3.63, 3.8) is 0 Å². The SMILES string of the molecule is CCOC[C@@H](Oc1ccc([O])c(C)c1)c1cccc(-c2ccc(C)cc2F)n1. The van der Waals surface area contributed by atoms with Crippen molar-refractivity contribution in [1.82, 2.24) is 4.98 Å². The summed E-state index contributed by atoms with van der Waals surface area (Å²) in [5, 5.41) is 11.6. The van der Waals surface area contributed by atoms with Crippen molar-refractivity contribution in [2.24, 2.45) is 0 Å². The predicted molar refractivity (Wildman–Crippen MR) is 106 cm³/mol. The maximum atomic E-state index is 14.4. The van der Waals surface area contributed by atoms with E-state index >= 15 is 0 Å². The highest BCUT2D eigenvalue weighted by molar-refractivity contribution is 5.60. The zero-order valence-corrected chi connectivity index (χ0v) is 16.2. The topological polar surface area (TPSA) is 51.2 Å². The van der Waals surface area contributed by atoms with Crippen molar-refractivity contribution in [3.8, 4) is 22.8 Å². The van der Waals surface area contributed by atoms with E-state index in [2.05, 4.69) is 4.98 Å². The number of benzene rings is 2. The lowest BCUT2D eigenvalue weighted by molar-refractivity contribution is 0.0540. The fourth-order valence-electron chi connectivity index (χ4n) is 2.87. The number of aromatic nitrogens is 1. The minimum atomic E-state index is -0.481. The van der Waals surface area contributed by atoms with E-state index in [0.717, 1.165) is 5.56 Å². The molecule has 0 bridgehead atoms. The summed E-state index contributed by atoms with van der Waals surface area (Å²) in [5.41, 5.74) is 3.07. The Morgan fingerprint density at radius 2 is 1.89 bits per heavy atom. The van der Waals surface area contributed by atoms with Gasteiger partial charge in [0, 0.05) is 17.7 Å². The summed E-state index contributed by atoms with van der Waals surface area (Å²) in [6.07, 6.45) is -0.481.